The number of hydrogen-bond acceptors (Lipinski definition) is 3. The Hall–Kier alpha value is -1.56. The number of nitrogens with zero attached hydrogens (tertiary/aromatic N) is 1. The number of amides is 2. The van der Waals surface area contributed by atoms with Gasteiger partial charge in [0.15, 0.2) is 0 Å². The van der Waals surface area contributed by atoms with Crippen LogP contribution in [0.2, 0.25) is 0 Å². The van der Waals surface area contributed by atoms with E-state index in [2.05, 4.69) is 26.0 Å². The summed E-state index contributed by atoms with van der Waals surface area (Å²) < 4.78 is 5.66. The fourth-order valence-electron chi connectivity index (χ4n) is 2.48. The lowest BCUT2D eigenvalue weighted by Crippen LogP contribution is -2.39. The highest BCUT2D eigenvalue weighted by Gasteiger charge is 2.26. The van der Waals surface area contributed by atoms with E-state index in [-0.39, 0.29) is 24.5 Å². The summed E-state index contributed by atoms with van der Waals surface area (Å²) >= 11 is 3.54. The number of nitrogens with one attached hydrogen (secondary N) is 1. The summed E-state index contributed by atoms with van der Waals surface area (Å²) in [5, 5.41) is 3.02. The smallest absolute Gasteiger partial charge is 0.317 e. The minimum absolute atomic E-state index is 0.0329. The van der Waals surface area contributed by atoms with Crippen molar-refractivity contribution in [3.63, 3.8) is 0 Å². The van der Waals surface area contributed by atoms with E-state index in [0.29, 0.717) is 6.54 Å². The first kappa shape index (κ1) is 15.8. The average molecular weight is 355 g/mol. The van der Waals surface area contributed by atoms with Crippen molar-refractivity contribution in [2.75, 3.05) is 20.7 Å². The molecule has 114 valence electrons. The Labute approximate surface area is 132 Å². The number of hydrogen-bond donors (Lipinski definition) is 1. The number of ether oxygens (including phenoxy) is 1. The monoisotopic (exact) mass is 354 g/mol. The zero-order valence-corrected chi connectivity index (χ0v) is 13.8. The lowest BCUT2D eigenvalue weighted by atomic mass is 10.1. The predicted molar refractivity (Wildman–Crippen MR) is 83.0 cm³/mol. The molecule has 0 aliphatic heterocycles. The van der Waals surface area contributed by atoms with Gasteiger partial charge in [-0.1, -0.05) is 28.1 Å². The van der Waals surface area contributed by atoms with E-state index in [1.807, 2.05) is 18.2 Å². The molecule has 0 saturated carbocycles. The van der Waals surface area contributed by atoms with Crippen LogP contribution in [0.5, 0.6) is 0 Å². The van der Waals surface area contributed by atoms with Gasteiger partial charge in [0, 0.05) is 18.1 Å². The molecule has 1 aromatic rings. The van der Waals surface area contributed by atoms with Gasteiger partial charge in [0.1, 0.15) is 0 Å². The third kappa shape index (κ3) is 3.75. The average Bonchev–Trinajstić information content (AvgIpc) is 2.89. The molecule has 0 fully saturated rings. The SMILES string of the molecule is COC(=O)CCN(C)C(=O)NC1CCc2c(Br)cccc21. The van der Waals surface area contributed by atoms with Crippen LogP contribution in [0.3, 0.4) is 0 Å². The maximum atomic E-state index is 12.1. The lowest BCUT2D eigenvalue weighted by Gasteiger charge is -2.21. The maximum Gasteiger partial charge on any atom is 0.317 e. The summed E-state index contributed by atoms with van der Waals surface area (Å²) in [6.07, 6.45) is 2.05. The quantitative estimate of drug-likeness (QED) is 0.845. The Morgan fingerprint density at radius 3 is 2.95 bits per heavy atom. The molecule has 1 N–H and O–H groups in total. The molecule has 0 bridgehead atoms. The number of methoxy groups -OCH3 is 1. The molecule has 21 heavy (non-hydrogen) atoms. The second-order valence-electron chi connectivity index (χ2n) is 5.10. The summed E-state index contributed by atoms with van der Waals surface area (Å²) in [7, 11) is 3.02. The minimum Gasteiger partial charge on any atom is -0.469 e. The van der Waals surface area contributed by atoms with E-state index in [1.54, 1.807) is 7.05 Å². The first-order valence-electron chi connectivity index (χ1n) is 6.88. The van der Waals surface area contributed by atoms with Crippen LogP contribution < -0.4 is 5.32 Å². The molecule has 2 amide bonds. The zero-order valence-electron chi connectivity index (χ0n) is 12.2. The molecule has 1 aliphatic rings. The van der Waals surface area contributed by atoms with Crippen molar-refractivity contribution in [2.24, 2.45) is 0 Å². The molecule has 1 unspecified atom stereocenters. The highest BCUT2D eigenvalue weighted by Crippen LogP contribution is 2.35. The summed E-state index contributed by atoms with van der Waals surface area (Å²) in [6, 6.07) is 5.91. The lowest BCUT2D eigenvalue weighted by molar-refractivity contribution is -0.140. The van der Waals surface area contributed by atoms with Crippen LogP contribution >= 0.6 is 15.9 Å². The molecule has 0 spiro atoms. The third-order valence-corrected chi connectivity index (χ3v) is 4.48. The minimum atomic E-state index is -0.315. The summed E-state index contributed by atoms with van der Waals surface area (Å²) in [6.45, 7) is 0.344. The topological polar surface area (TPSA) is 58.6 Å². The Kier molecular flexibility index (Phi) is 5.22. The van der Waals surface area contributed by atoms with E-state index in [4.69, 9.17) is 0 Å². The van der Waals surface area contributed by atoms with E-state index in [9.17, 15) is 9.59 Å². The molecule has 0 aromatic heterocycles. The first-order valence-corrected chi connectivity index (χ1v) is 7.68. The summed E-state index contributed by atoms with van der Waals surface area (Å²) in [5.41, 5.74) is 2.43. The molecule has 1 aliphatic carbocycles. The predicted octanol–water partition coefficient (Wildman–Crippen LogP) is 2.64. The van der Waals surface area contributed by atoms with Crippen molar-refractivity contribution in [3.05, 3.63) is 33.8 Å². The molecule has 2 rings (SSSR count). The first-order chi connectivity index (χ1) is 10.0. The van der Waals surface area contributed by atoms with Crippen LogP contribution in [-0.2, 0) is 16.0 Å². The van der Waals surface area contributed by atoms with E-state index in [0.717, 1.165) is 17.3 Å². The molecular weight excluding hydrogens is 336 g/mol. The van der Waals surface area contributed by atoms with Crippen molar-refractivity contribution in [2.45, 2.75) is 25.3 Å². The van der Waals surface area contributed by atoms with E-state index < -0.39 is 0 Å². The van der Waals surface area contributed by atoms with Gasteiger partial charge in [-0.15, -0.1) is 0 Å². The number of halogens is 1. The van der Waals surface area contributed by atoms with Gasteiger partial charge >= 0.3 is 12.0 Å². The van der Waals surface area contributed by atoms with Crippen LogP contribution in [0.25, 0.3) is 0 Å². The molecule has 1 aromatic carbocycles. The van der Waals surface area contributed by atoms with Crippen molar-refractivity contribution >= 4 is 27.9 Å². The number of carbonyl (C=O) groups excluding carboxylic acids is 2. The Balaban J connectivity index is 1.93. The van der Waals surface area contributed by atoms with Gasteiger partial charge in [-0.2, -0.15) is 0 Å². The molecule has 5 nitrogen and oxygen atoms in total. The fourth-order valence-corrected chi connectivity index (χ4v) is 3.06. The molecule has 0 radical (unpaired) electrons. The van der Waals surface area contributed by atoms with Crippen molar-refractivity contribution in [1.29, 1.82) is 0 Å². The molecule has 1 atom stereocenters. The van der Waals surface area contributed by atoms with Crippen LogP contribution in [0.1, 0.15) is 30.0 Å². The van der Waals surface area contributed by atoms with Crippen LogP contribution in [0, 0.1) is 0 Å². The van der Waals surface area contributed by atoms with Crippen molar-refractivity contribution < 1.29 is 14.3 Å². The molecular formula is C15H19BrN2O3. The number of rotatable bonds is 4. The summed E-state index contributed by atoms with van der Waals surface area (Å²) in [4.78, 5) is 24.8. The highest BCUT2D eigenvalue weighted by atomic mass is 79.9. The van der Waals surface area contributed by atoms with Crippen molar-refractivity contribution in [1.82, 2.24) is 10.2 Å². The van der Waals surface area contributed by atoms with Gasteiger partial charge in [0.2, 0.25) is 0 Å². The number of esters is 1. The number of carbonyl (C=O) groups is 2. The second-order valence-corrected chi connectivity index (χ2v) is 5.95. The van der Waals surface area contributed by atoms with Gasteiger partial charge in [-0.25, -0.2) is 4.79 Å². The fraction of sp³-hybridized carbons (Fsp3) is 0.467. The number of benzene rings is 1. The van der Waals surface area contributed by atoms with Crippen LogP contribution in [0.4, 0.5) is 4.79 Å². The van der Waals surface area contributed by atoms with Crippen LogP contribution in [-0.4, -0.2) is 37.6 Å². The van der Waals surface area contributed by atoms with Gasteiger partial charge in [0.05, 0.1) is 19.6 Å². The highest BCUT2D eigenvalue weighted by molar-refractivity contribution is 9.10. The molecule has 0 heterocycles. The normalized spacial score (nSPS) is 16.2. The Morgan fingerprint density at radius 2 is 2.24 bits per heavy atom. The summed E-state index contributed by atoms with van der Waals surface area (Å²) in [5.74, 6) is -0.315. The van der Waals surface area contributed by atoms with Gasteiger partial charge in [-0.05, 0) is 30.0 Å². The number of urea groups is 1. The molecule has 6 heteroatoms. The third-order valence-electron chi connectivity index (χ3n) is 3.74. The van der Waals surface area contributed by atoms with Crippen LogP contribution in [0.15, 0.2) is 22.7 Å². The van der Waals surface area contributed by atoms with Gasteiger partial charge < -0.3 is 15.0 Å². The van der Waals surface area contributed by atoms with Gasteiger partial charge in [0.25, 0.3) is 0 Å². The largest absolute Gasteiger partial charge is 0.469 e. The van der Waals surface area contributed by atoms with E-state index >= 15 is 0 Å². The van der Waals surface area contributed by atoms with Crippen molar-refractivity contribution in [3.8, 4) is 0 Å². The van der Waals surface area contributed by atoms with E-state index in [1.165, 1.54) is 23.1 Å². The standard InChI is InChI=1S/C15H19BrN2O3/c1-18(9-8-14(19)21-2)15(20)17-13-7-6-10-11(13)4-3-5-12(10)16/h3-5,13H,6-9H2,1-2H3,(H,17,20). The zero-order chi connectivity index (χ0) is 15.4. The Bertz CT molecular complexity index is 548. The maximum absolute atomic E-state index is 12.1. The second kappa shape index (κ2) is 6.93. The van der Waals surface area contributed by atoms with Gasteiger partial charge in [-0.3, -0.25) is 4.79 Å². The molecule has 0 saturated heterocycles. The number of fused-ring (bicyclic) bond motifs is 1. The Morgan fingerprint density at radius 1 is 1.48 bits per heavy atom.